The third kappa shape index (κ3) is 7.00. The highest BCUT2D eigenvalue weighted by Gasteiger charge is 2.17. The smallest absolute Gasteiger partial charge is 0.358 e. The van der Waals surface area contributed by atoms with Crippen molar-refractivity contribution in [2.75, 3.05) is 5.32 Å². The largest absolute Gasteiger partial charge is 0.486 e. The minimum Gasteiger partial charge on any atom is -0.486 e. The number of hydrogen-bond donors (Lipinski definition) is 2. The van der Waals surface area contributed by atoms with Gasteiger partial charge in [0.25, 0.3) is 0 Å². The normalized spacial score (nSPS) is 10.9. The summed E-state index contributed by atoms with van der Waals surface area (Å²) in [4.78, 5) is 23.5. The summed E-state index contributed by atoms with van der Waals surface area (Å²) in [5.41, 5.74) is 2.38. The molecule has 0 unspecified atom stereocenters. The maximum Gasteiger partial charge on any atom is 0.358 e. The fourth-order valence-electron chi connectivity index (χ4n) is 3.64. The average Bonchev–Trinajstić information content (AvgIpc) is 3.54. The molecule has 0 aliphatic rings. The van der Waals surface area contributed by atoms with Gasteiger partial charge in [0, 0.05) is 17.8 Å². The summed E-state index contributed by atoms with van der Waals surface area (Å²) in [5.74, 6) is -1.84. The number of ether oxygens (including phenoxy) is 1. The van der Waals surface area contributed by atoms with Crippen LogP contribution in [-0.4, -0.2) is 37.1 Å². The summed E-state index contributed by atoms with van der Waals surface area (Å²) in [6.45, 7) is 2.05. The molecule has 0 aliphatic carbocycles. The van der Waals surface area contributed by atoms with Crippen LogP contribution in [0.5, 0.6) is 5.75 Å². The number of carbonyl (C=O) groups excluding carboxylic acids is 1. The van der Waals surface area contributed by atoms with Gasteiger partial charge >= 0.3 is 5.97 Å². The number of carboxylic acids is 1. The molecule has 1 amide bonds. The van der Waals surface area contributed by atoms with E-state index >= 15 is 0 Å². The lowest BCUT2D eigenvalue weighted by molar-refractivity contribution is -0.116. The lowest BCUT2D eigenvalue weighted by atomic mass is 10.1. The van der Waals surface area contributed by atoms with Gasteiger partial charge in [-0.05, 0) is 42.7 Å². The lowest BCUT2D eigenvalue weighted by Crippen LogP contribution is -2.19. The number of halogens is 1. The van der Waals surface area contributed by atoms with E-state index in [1.807, 2.05) is 24.3 Å². The number of carbonyl (C=O) groups is 2. The SMILES string of the molecule is CCCCCc1ccc(NC(=O)Cn2cc(COc3cc(F)ccc3-c3cc(C(=O)O)no3)nn2)cc1. The van der Waals surface area contributed by atoms with E-state index in [9.17, 15) is 14.0 Å². The monoisotopic (exact) mass is 507 g/mol. The molecule has 2 aromatic carbocycles. The molecule has 0 atom stereocenters. The van der Waals surface area contributed by atoms with E-state index in [1.165, 1.54) is 41.3 Å². The van der Waals surface area contributed by atoms with E-state index in [1.54, 1.807) is 6.20 Å². The predicted octanol–water partition coefficient (Wildman–Crippen LogP) is 4.72. The summed E-state index contributed by atoms with van der Waals surface area (Å²) in [7, 11) is 0. The van der Waals surface area contributed by atoms with Crippen LogP contribution in [0.4, 0.5) is 10.1 Å². The molecule has 192 valence electrons. The van der Waals surface area contributed by atoms with Crippen LogP contribution in [-0.2, 0) is 24.4 Å². The van der Waals surface area contributed by atoms with E-state index in [-0.39, 0.29) is 36.3 Å². The van der Waals surface area contributed by atoms with Gasteiger partial charge in [0.1, 0.15) is 30.4 Å². The molecule has 4 aromatic rings. The van der Waals surface area contributed by atoms with Crippen molar-refractivity contribution < 1.29 is 28.3 Å². The Kier molecular flexibility index (Phi) is 8.24. The van der Waals surface area contributed by atoms with Crippen LogP contribution >= 0.6 is 0 Å². The van der Waals surface area contributed by atoms with Gasteiger partial charge < -0.3 is 19.7 Å². The maximum absolute atomic E-state index is 13.8. The Labute approximate surface area is 212 Å². The molecule has 0 saturated carbocycles. The van der Waals surface area contributed by atoms with Crippen molar-refractivity contribution >= 4 is 17.6 Å². The van der Waals surface area contributed by atoms with Crippen LogP contribution in [0.1, 0.15) is 47.9 Å². The zero-order valence-corrected chi connectivity index (χ0v) is 20.2. The molecule has 37 heavy (non-hydrogen) atoms. The Morgan fingerprint density at radius 2 is 1.95 bits per heavy atom. The number of amides is 1. The molecule has 0 aliphatic heterocycles. The Bertz CT molecular complexity index is 1370. The average molecular weight is 508 g/mol. The number of benzene rings is 2. The Morgan fingerprint density at radius 1 is 1.14 bits per heavy atom. The van der Waals surface area contributed by atoms with Crippen molar-refractivity contribution in [2.24, 2.45) is 0 Å². The molecule has 0 fully saturated rings. The number of rotatable bonds is 12. The van der Waals surface area contributed by atoms with Crippen LogP contribution in [0.2, 0.25) is 0 Å². The molecular weight excluding hydrogens is 481 g/mol. The molecule has 11 heteroatoms. The summed E-state index contributed by atoms with van der Waals surface area (Å²) >= 11 is 0. The fourth-order valence-corrected chi connectivity index (χ4v) is 3.64. The number of aromatic carboxylic acids is 1. The van der Waals surface area contributed by atoms with Crippen molar-refractivity contribution in [1.82, 2.24) is 20.2 Å². The van der Waals surface area contributed by atoms with E-state index in [0.717, 1.165) is 18.9 Å². The quantitative estimate of drug-likeness (QED) is 0.263. The predicted molar refractivity (Wildman–Crippen MR) is 132 cm³/mol. The van der Waals surface area contributed by atoms with Crippen LogP contribution in [0.15, 0.2) is 59.3 Å². The van der Waals surface area contributed by atoms with Crippen molar-refractivity contribution in [3.05, 3.63) is 77.5 Å². The first-order chi connectivity index (χ1) is 17.9. The molecular formula is C26H26FN5O5. The Morgan fingerprint density at radius 3 is 2.68 bits per heavy atom. The number of nitrogens with one attached hydrogen (secondary N) is 1. The van der Waals surface area contributed by atoms with Crippen LogP contribution in [0.3, 0.4) is 0 Å². The molecule has 0 spiro atoms. The van der Waals surface area contributed by atoms with Crippen LogP contribution in [0, 0.1) is 5.82 Å². The highest BCUT2D eigenvalue weighted by atomic mass is 19.1. The third-order valence-corrected chi connectivity index (χ3v) is 5.51. The molecule has 2 heterocycles. The summed E-state index contributed by atoms with van der Waals surface area (Å²) in [5, 5.41) is 23.3. The van der Waals surface area contributed by atoms with Crippen molar-refractivity contribution in [1.29, 1.82) is 0 Å². The van der Waals surface area contributed by atoms with E-state index in [2.05, 4.69) is 27.7 Å². The molecule has 10 nitrogen and oxygen atoms in total. The minimum absolute atomic E-state index is 0.0491. The first-order valence-electron chi connectivity index (χ1n) is 11.8. The Balaban J connectivity index is 1.33. The van der Waals surface area contributed by atoms with Crippen molar-refractivity contribution in [3.8, 4) is 17.1 Å². The second-order valence-electron chi connectivity index (χ2n) is 8.42. The van der Waals surface area contributed by atoms with Gasteiger partial charge in [-0.1, -0.05) is 42.3 Å². The minimum atomic E-state index is -1.25. The molecule has 2 N–H and O–H groups in total. The van der Waals surface area contributed by atoms with Crippen LogP contribution in [0.25, 0.3) is 11.3 Å². The molecule has 0 saturated heterocycles. The van der Waals surface area contributed by atoms with Crippen LogP contribution < -0.4 is 10.1 Å². The zero-order chi connectivity index (χ0) is 26.2. The standard InChI is InChI=1S/C26H26FN5O5/c1-2-3-4-5-17-6-9-19(10-7-17)28-25(33)15-32-14-20(29-31-32)16-36-23-12-18(27)8-11-21(23)24-13-22(26(34)35)30-37-24/h6-14H,2-5,15-16H2,1H3,(H,28,33)(H,34,35). The number of aromatic nitrogens is 4. The number of nitrogens with zero attached hydrogens (tertiary/aromatic N) is 4. The highest BCUT2D eigenvalue weighted by Crippen LogP contribution is 2.32. The fraction of sp³-hybridized carbons (Fsp3) is 0.269. The van der Waals surface area contributed by atoms with Gasteiger partial charge in [-0.3, -0.25) is 4.79 Å². The number of unbranched alkanes of at least 4 members (excludes halogenated alkanes) is 2. The zero-order valence-electron chi connectivity index (χ0n) is 20.2. The summed E-state index contributed by atoms with van der Waals surface area (Å²) in [6, 6.07) is 12.7. The summed E-state index contributed by atoms with van der Waals surface area (Å²) < 4.78 is 26.0. The van der Waals surface area contributed by atoms with Crippen molar-refractivity contribution in [2.45, 2.75) is 45.8 Å². The number of aryl methyl sites for hydroxylation is 1. The second kappa shape index (κ2) is 11.9. The third-order valence-electron chi connectivity index (χ3n) is 5.51. The number of carboxylic acid groups (broad SMARTS) is 1. The lowest BCUT2D eigenvalue weighted by Gasteiger charge is -2.08. The van der Waals surface area contributed by atoms with Gasteiger partial charge in [0.15, 0.2) is 11.5 Å². The van der Waals surface area contributed by atoms with Gasteiger partial charge in [-0.2, -0.15) is 0 Å². The van der Waals surface area contributed by atoms with Gasteiger partial charge in [0.05, 0.1) is 11.8 Å². The molecule has 4 rings (SSSR count). The first-order valence-corrected chi connectivity index (χ1v) is 11.8. The van der Waals surface area contributed by atoms with Gasteiger partial charge in [0.2, 0.25) is 5.91 Å². The van der Waals surface area contributed by atoms with E-state index in [4.69, 9.17) is 14.4 Å². The number of anilines is 1. The maximum atomic E-state index is 13.8. The first kappa shape index (κ1) is 25.5. The van der Waals surface area contributed by atoms with E-state index < -0.39 is 11.8 Å². The molecule has 0 radical (unpaired) electrons. The summed E-state index contributed by atoms with van der Waals surface area (Å²) in [6.07, 6.45) is 6.08. The van der Waals surface area contributed by atoms with E-state index in [0.29, 0.717) is 16.9 Å². The van der Waals surface area contributed by atoms with Crippen molar-refractivity contribution in [3.63, 3.8) is 0 Å². The molecule has 0 bridgehead atoms. The highest BCUT2D eigenvalue weighted by molar-refractivity contribution is 5.90. The molecule has 2 aromatic heterocycles. The van der Waals surface area contributed by atoms with Gasteiger partial charge in [-0.15, -0.1) is 5.10 Å². The number of hydrogen-bond acceptors (Lipinski definition) is 7. The second-order valence-corrected chi connectivity index (χ2v) is 8.42. The van der Waals surface area contributed by atoms with Gasteiger partial charge in [-0.25, -0.2) is 13.9 Å². The Hall–Kier alpha value is -4.54. The topological polar surface area (TPSA) is 132 Å².